The van der Waals surface area contributed by atoms with Crippen molar-refractivity contribution in [1.82, 2.24) is 4.57 Å². The van der Waals surface area contributed by atoms with Gasteiger partial charge in [0.05, 0.1) is 18.6 Å². The van der Waals surface area contributed by atoms with Crippen LogP contribution in [0.15, 0.2) is 52.7 Å². The molecule has 3 rings (SSSR count). The van der Waals surface area contributed by atoms with Crippen molar-refractivity contribution in [2.24, 2.45) is 0 Å². The molecule has 24 heavy (non-hydrogen) atoms. The van der Waals surface area contributed by atoms with Crippen LogP contribution in [0.4, 0.5) is 0 Å². The molecule has 0 aromatic carbocycles. The van der Waals surface area contributed by atoms with Gasteiger partial charge in [-0.05, 0) is 36.6 Å². The molecule has 0 amide bonds. The number of rotatable bonds is 6. The Hall–Kier alpha value is -2.80. The van der Waals surface area contributed by atoms with E-state index in [0.717, 1.165) is 5.69 Å². The SMILES string of the molecule is CCOC(=O)c1ccoc1COC(=O)c1sccc1-n1cccc1. The van der Waals surface area contributed by atoms with Crippen LogP contribution in [0.5, 0.6) is 0 Å². The molecule has 0 atom stereocenters. The first kappa shape index (κ1) is 16.1. The summed E-state index contributed by atoms with van der Waals surface area (Å²) in [6.07, 6.45) is 5.07. The molecule has 0 aliphatic heterocycles. The van der Waals surface area contributed by atoms with Crippen LogP contribution in [0, 0.1) is 0 Å². The van der Waals surface area contributed by atoms with Crippen molar-refractivity contribution in [2.75, 3.05) is 6.61 Å². The Kier molecular flexibility index (Phi) is 4.81. The molecule has 0 spiro atoms. The fourth-order valence-electron chi connectivity index (χ4n) is 2.19. The maximum atomic E-state index is 12.3. The zero-order chi connectivity index (χ0) is 16.9. The topological polar surface area (TPSA) is 70.7 Å². The van der Waals surface area contributed by atoms with Crippen molar-refractivity contribution in [3.8, 4) is 5.69 Å². The molecule has 0 radical (unpaired) electrons. The van der Waals surface area contributed by atoms with E-state index in [0.29, 0.717) is 4.88 Å². The van der Waals surface area contributed by atoms with Crippen LogP contribution in [0.3, 0.4) is 0 Å². The van der Waals surface area contributed by atoms with E-state index in [2.05, 4.69) is 0 Å². The Morgan fingerprint density at radius 3 is 2.71 bits per heavy atom. The number of nitrogens with zero attached hydrogens (tertiary/aromatic N) is 1. The fourth-order valence-corrected chi connectivity index (χ4v) is 2.98. The molecule has 0 aliphatic rings. The largest absolute Gasteiger partial charge is 0.465 e. The summed E-state index contributed by atoms with van der Waals surface area (Å²) in [5.41, 5.74) is 1.02. The Bertz CT molecular complexity index is 831. The zero-order valence-corrected chi connectivity index (χ0v) is 13.7. The summed E-state index contributed by atoms with van der Waals surface area (Å²) < 4.78 is 17.3. The number of furan rings is 1. The average molecular weight is 345 g/mol. The number of carbonyl (C=O) groups is 2. The summed E-state index contributed by atoms with van der Waals surface area (Å²) in [7, 11) is 0. The molecule has 0 aliphatic carbocycles. The predicted molar refractivity (Wildman–Crippen MR) is 87.4 cm³/mol. The number of hydrogen-bond acceptors (Lipinski definition) is 6. The van der Waals surface area contributed by atoms with Crippen molar-refractivity contribution in [1.29, 1.82) is 0 Å². The van der Waals surface area contributed by atoms with E-state index in [1.807, 2.05) is 40.5 Å². The van der Waals surface area contributed by atoms with Crippen LogP contribution in [-0.2, 0) is 16.1 Å². The highest BCUT2D eigenvalue weighted by atomic mass is 32.1. The summed E-state index contributed by atoms with van der Waals surface area (Å²) in [6.45, 7) is 1.85. The minimum absolute atomic E-state index is 0.136. The minimum atomic E-state index is -0.499. The second kappa shape index (κ2) is 7.18. The standard InChI is InChI=1S/C17H15NO5S/c1-2-21-16(19)12-5-9-22-14(12)11-23-17(20)15-13(6-10-24-15)18-7-3-4-8-18/h3-10H,2,11H2,1H3. The highest BCUT2D eigenvalue weighted by Crippen LogP contribution is 2.23. The third-order valence-electron chi connectivity index (χ3n) is 3.29. The van der Waals surface area contributed by atoms with Crippen LogP contribution < -0.4 is 0 Å². The molecule has 6 nitrogen and oxygen atoms in total. The fraction of sp³-hybridized carbons (Fsp3) is 0.176. The quantitative estimate of drug-likeness (QED) is 0.638. The van der Waals surface area contributed by atoms with Crippen molar-refractivity contribution < 1.29 is 23.5 Å². The van der Waals surface area contributed by atoms with E-state index in [1.165, 1.54) is 23.7 Å². The monoisotopic (exact) mass is 345 g/mol. The zero-order valence-electron chi connectivity index (χ0n) is 12.9. The maximum absolute atomic E-state index is 12.3. The number of ether oxygens (including phenoxy) is 2. The van der Waals surface area contributed by atoms with Crippen molar-refractivity contribution >= 4 is 23.3 Å². The molecule has 124 valence electrons. The molecule has 0 fully saturated rings. The van der Waals surface area contributed by atoms with E-state index in [1.54, 1.807) is 6.92 Å². The van der Waals surface area contributed by atoms with E-state index in [-0.39, 0.29) is 24.5 Å². The van der Waals surface area contributed by atoms with Crippen LogP contribution in [0.25, 0.3) is 5.69 Å². The Morgan fingerprint density at radius 2 is 1.96 bits per heavy atom. The normalized spacial score (nSPS) is 10.5. The number of esters is 2. The summed E-state index contributed by atoms with van der Waals surface area (Å²) in [5.74, 6) is -0.706. The molecule has 0 saturated heterocycles. The van der Waals surface area contributed by atoms with Crippen molar-refractivity contribution in [3.05, 3.63) is 64.5 Å². The molecule has 3 aromatic heterocycles. The van der Waals surface area contributed by atoms with Crippen LogP contribution in [-0.4, -0.2) is 23.1 Å². The summed E-state index contributed by atoms with van der Waals surface area (Å²) in [6, 6.07) is 7.10. The lowest BCUT2D eigenvalue weighted by atomic mass is 10.2. The Balaban J connectivity index is 1.71. The second-order valence-electron chi connectivity index (χ2n) is 4.78. The number of hydrogen-bond donors (Lipinski definition) is 0. The first-order valence-corrected chi connectivity index (χ1v) is 8.20. The van der Waals surface area contributed by atoms with Crippen LogP contribution >= 0.6 is 11.3 Å². The van der Waals surface area contributed by atoms with Gasteiger partial charge < -0.3 is 18.5 Å². The van der Waals surface area contributed by atoms with Crippen LogP contribution in [0.1, 0.15) is 32.7 Å². The van der Waals surface area contributed by atoms with Gasteiger partial charge in [0.2, 0.25) is 0 Å². The van der Waals surface area contributed by atoms with Crippen molar-refractivity contribution in [3.63, 3.8) is 0 Å². The highest BCUT2D eigenvalue weighted by molar-refractivity contribution is 7.12. The lowest BCUT2D eigenvalue weighted by Gasteiger charge is -2.06. The molecule has 0 bridgehead atoms. The van der Waals surface area contributed by atoms with Gasteiger partial charge in [0.25, 0.3) is 0 Å². The molecule has 3 aromatic rings. The summed E-state index contributed by atoms with van der Waals surface area (Å²) >= 11 is 1.29. The third kappa shape index (κ3) is 3.26. The molecule has 7 heteroatoms. The number of thiophene rings is 1. The van der Waals surface area contributed by atoms with E-state index in [4.69, 9.17) is 13.9 Å². The predicted octanol–water partition coefficient (Wildman–Crippen LogP) is 3.67. The molecular weight excluding hydrogens is 330 g/mol. The van der Waals surface area contributed by atoms with Gasteiger partial charge in [0.1, 0.15) is 10.4 Å². The van der Waals surface area contributed by atoms with Crippen LogP contribution in [0.2, 0.25) is 0 Å². The molecule has 0 unspecified atom stereocenters. The van der Waals surface area contributed by atoms with Gasteiger partial charge in [0, 0.05) is 12.4 Å². The lowest BCUT2D eigenvalue weighted by Crippen LogP contribution is -2.10. The van der Waals surface area contributed by atoms with E-state index >= 15 is 0 Å². The molecule has 3 heterocycles. The van der Waals surface area contributed by atoms with Gasteiger partial charge in [-0.3, -0.25) is 0 Å². The van der Waals surface area contributed by atoms with Gasteiger partial charge >= 0.3 is 11.9 Å². The van der Waals surface area contributed by atoms with Gasteiger partial charge in [-0.15, -0.1) is 11.3 Å². The first-order chi connectivity index (χ1) is 11.7. The second-order valence-corrected chi connectivity index (χ2v) is 5.70. The third-order valence-corrected chi connectivity index (χ3v) is 4.17. The van der Waals surface area contributed by atoms with Gasteiger partial charge in [-0.25, -0.2) is 9.59 Å². The molecule has 0 saturated carbocycles. The number of aromatic nitrogens is 1. The lowest BCUT2D eigenvalue weighted by molar-refractivity contribution is 0.0427. The van der Waals surface area contributed by atoms with Gasteiger partial charge in [-0.1, -0.05) is 0 Å². The van der Waals surface area contributed by atoms with Gasteiger partial charge in [-0.2, -0.15) is 0 Å². The molecular formula is C17H15NO5S. The molecule has 0 N–H and O–H groups in total. The van der Waals surface area contributed by atoms with E-state index < -0.39 is 11.9 Å². The number of carbonyl (C=O) groups excluding carboxylic acids is 2. The smallest absolute Gasteiger partial charge is 0.350 e. The van der Waals surface area contributed by atoms with Crippen molar-refractivity contribution in [2.45, 2.75) is 13.5 Å². The van der Waals surface area contributed by atoms with Gasteiger partial charge in [0.15, 0.2) is 12.4 Å². The first-order valence-electron chi connectivity index (χ1n) is 7.32. The Morgan fingerprint density at radius 1 is 1.17 bits per heavy atom. The summed E-state index contributed by atoms with van der Waals surface area (Å²) in [5, 5.41) is 1.82. The summed E-state index contributed by atoms with van der Waals surface area (Å²) in [4.78, 5) is 24.6. The average Bonchev–Trinajstić information content (AvgIpc) is 3.32. The highest BCUT2D eigenvalue weighted by Gasteiger charge is 2.20. The Labute approximate surface area is 142 Å². The maximum Gasteiger partial charge on any atom is 0.350 e. The minimum Gasteiger partial charge on any atom is -0.465 e. The van der Waals surface area contributed by atoms with E-state index in [9.17, 15) is 9.59 Å².